The molecule has 0 aromatic carbocycles. The molecule has 0 aliphatic carbocycles. The molecule has 0 spiro atoms. The fourth-order valence-corrected chi connectivity index (χ4v) is 3.32. The van der Waals surface area contributed by atoms with Gasteiger partial charge in [0.05, 0.1) is 6.61 Å². The number of pyridine rings is 1. The van der Waals surface area contributed by atoms with Crippen LogP contribution in [0.4, 0.5) is 5.82 Å². The summed E-state index contributed by atoms with van der Waals surface area (Å²) in [5, 5.41) is 3.30. The van der Waals surface area contributed by atoms with E-state index in [1.165, 1.54) is 24.3 Å². The molecule has 0 radical (unpaired) electrons. The summed E-state index contributed by atoms with van der Waals surface area (Å²) < 4.78 is 5.04. The summed E-state index contributed by atoms with van der Waals surface area (Å²) in [6.45, 7) is 3.07. The molecule has 2 rings (SSSR count). The number of hydrogen-bond donors (Lipinski definition) is 1. The van der Waals surface area contributed by atoms with Crippen molar-refractivity contribution in [2.75, 3.05) is 30.0 Å². The van der Waals surface area contributed by atoms with Crippen LogP contribution in [0.25, 0.3) is 0 Å². The first-order valence-corrected chi connectivity index (χ1v) is 7.90. The number of nitrogens with zero attached hydrogens (tertiary/aromatic N) is 1. The summed E-state index contributed by atoms with van der Waals surface area (Å²) in [7, 11) is 0. The maximum absolute atomic E-state index is 11.8. The Morgan fingerprint density at radius 3 is 3.05 bits per heavy atom. The van der Waals surface area contributed by atoms with Crippen molar-refractivity contribution in [2.45, 2.75) is 19.8 Å². The highest BCUT2D eigenvalue weighted by molar-refractivity contribution is 7.99. The molecule has 1 aromatic rings. The number of hydrogen-bond acceptors (Lipinski definition) is 5. The van der Waals surface area contributed by atoms with Crippen molar-refractivity contribution >= 4 is 23.5 Å². The molecule has 0 amide bonds. The first kappa shape index (κ1) is 14.2. The minimum absolute atomic E-state index is 0.308. The van der Waals surface area contributed by atoms with E-state index in [0.717, 1.165) is 6.54 Å². The SMILES string of the molecule is CCOC(=O)c1cccnc1NCC1CCSCC1. The van der Waals surface area contributed by atoms with E-state index in [0.29, 0.717) is 23.9 Å². The van der Waals surface area contributed by atoms with Crippen LogP contribution in [-0.4, -0.2) is 35.6 Å². The fraction of sp³-hybridized carbons (Fsp3) is 0.571. The van der Waals surface area contributed by atoms with Gasteiger partial charge in [-0.05, 0) is 49.3 Å². The number of nitrogens with one attached hydrogen (secondary N) is 1. The lowest BCUT2D eigenvalue weighted by Gasteiger charge is -2.22. The second kappa shape index (κ2) is 7.38. The zero-order chi connectivity index (χ0) is 13.5. The summed E-state index contributed by atoms with van der Waals surface area (Å²) in [5.74, 6) is 3.48. The molecule has 4 nitrogen and oxygen atoms in total. The van der Waals surface area contributed by atoms with Gasteiger partial charge in [-0.3, -0.25) is 0 Å². The number of rotatable bonds is 5. The minimum Gasteiger partial charge on any atom is -0.462 e. The number of carbonyl (C=O) groups excluding carboxylic acids is 1. The Kier molecular flexibility index (Phi) is 5.51. The molecule has 1 N–H and O–H groups in total. The van der Waals surface area contributed by atoms with E-state index >= 15 is 0 Å². The van der Waals surface area contributed by atoms with Gasteiger partial charge in [-0.15, -0.1) is 0 Å². The highest BCUT2D eigenvalue weighted by Gasteiger charge is 2.16. The number of ether oxygens (including phenoxy) is 1. The molecule has 1 aromatic heterocycles. The van der Waals surface area contributed by atoms with E-state index < -0.39 is 0 Å². The third-order valence-electron chi connectivity index (χ3n) is 3.20. The van der Waals surface area contributed by atoms with Crippen molar-refractivity contribution in [3.8, 4) is 0 Å². The Bertz CT molecular complexity index is 420. The zero-order valence-electron chi connectivity index (χ0n) is 11.2. The number of thioether (sulfide) groups is 1. The van der Waals surface area contributed by atoms with Gasteiger partial charge >= 0.3 is 5.97 Å². The predicted molar refractivity (Wildman–Crippen MR) is 78.7 cm³/mol. The molecule has 0 atom stereocenters. The molecule has 0 saturated carbocycles. The lowest BCUT2D eigenvalue weighted by atomic mass is 10.0. The van der Waals surface area contributed by atoms with Crippen molar-refractivity contribution in [3.63, 3.8) is 0 Å². The smallest absolute Gasteiger partial charge is 0.341 e. The monoisotopic (exact) mass is 280 g/mol. The molecular formula is C14H20N2O2S. The summed E-state index contributed by atoms with van der Waals surface area (Å²) in [6, 6.07) is 3.51. The van der Waals surface area contributed by atoms with Gasteiger partial charge in [-0.2, -0.15) is 11.8 Å². The van der Waals surface area contributed by atoms with E-state index in [-0.39, 0.29) is 5.97 Å². The van der Waals surface area contributed by atoms with E-state index in [1.54, 1.807) is 25.3 Å². The normalized spacial score (nSPS) is 16.1. The Morgan fingerprint density at radius 2 is 2.32 bits per heavy atom. The van der Waals surface area contributed by atoms with Crippen molar-refractivity contribution in [1.82, 2.24) is 4.98 Å². The van der Waals surface area contributed by atoms with Crippen LogP contribution in [0.3, 0.4) is 0 Å². The molecule has 1 saturated heterocycles. The molecule has 0 bridgehead atoms. The van der Waals surface area contributed by atoms with Gasteiger partial charge in [-0.25, -0.2) is 9.78 Å². The van der Waals surface area contributed by atoms with Gasteiger partial charge in [0.25, 0.3) is 0 Å². The summed E-state index contributed by atoms with van der Waals surface area (Å²) >= 11 is 2.02. The maximum Gasteiger partial charge on any atom is 0.341 e. The van der Waals surface area contributed by atoms with Crippen LogP contribution in [0.2, 0.25) is 0 Å². The van der Waals surface area contributed by atoms with E-state index in [4.69, 9.17) is 4.74 Å². The Labute approximate surface area is 118 Å². The number of aromatic nitrogens is 1. The number of anilines is 1. The third-order valence-corrected chi connectivity index (χ3v) is 4.25. The van der Waals surface area contributed by atoms with Gasteiger partial charge in [0.2, 0.25) is 0 Å². The molecule has 0 unspecified atom stereocenters. The molecular weight excluding hydrogens is 260 g/mol. The van der Waals surface area contributed by atoms with Crippen LogP contribution in [0.1, 0.15) is 30.1 Å². The fourth-order valence-electron chi connectivity index (χ4n) is 2.11. The Balaban J connectivity index is 1.97. The summed E-state index contributed by atoms with van der Waals surface area (Å²) in [6.07, 6.45) is 4.17. The van der Waals surface area contributed by atoms with Gasteiger partial charge in [0.1, 0.15) is 11.4 Å². The standard InChI is InChI=1S/C14H20N2O2S/c1-2-18-14(17)12-4-3-7-15-13(12)16-10-11-5-8-19-9-6-11/h3-4,7,11H,2,5-6,8-10H2,1H3,(H,15,16). The first-order chi connectivity index (χ1) is 9.31. The van der Waals surface area contributed by atoms with E-state index in [9.17, 15) is 4.79 Å². The van der Waals surface area contributed by atoms with E-state index in [2.05, 4.69) is 10.3 Å². The highest BCUT2D eigenvalue weighted by Crippen LogP contribution is 2.23. The lowest BCUT2D eigenvalue weighted by Crippen LogP contribution is -2.21. The Morgan fingerprint density at radius 1 is 1.53 bits per heavy atom. The van der Waals surface area contributed by atoms with Gasteiger partial charge in [-0.1, -0.05) is 0 Å². The number of carbonyl (C=O) groups is 1. The van der Waals surface area contributed by atoms with Crippen molar-refractivity contribution in [2.24, 2.45) is 5.92 Å². The second-order valence-electron chi connectivity index (χ2n) is 4.56. The second-order valence-corrected chi connectivity index (χ2v) is 5.78. The molecule has 104 valence electrons. The first-order valence-electron chi connectivity index (χ1n) is 6.75. The highest BCUT2D eigenvalue weighted by atomic mass is 32.2. The molecule has 2 heterocycles. The van der Waals surface area contributed by atoms with Crippen LogP contribution in [-0.2, 0) is 4.74 Å². The predicted octanol–water partition coefficient (Wildman–Crippen LogP) is 2.81. The van der Waals surface area contributed by atoms with Crippen molar-refractivity contribution in [1.29, 1.82) is 0 Å². The summed E-state index contributed by atoms with van der Waals surface area (Å²) in [5.41, 5.74) is 0.523. The zero-order valence-corrected chi connectivity index (χ0v) is 12.0. The average molecular weight is 280 g/mol. The maximum atomic E-state index is 11.8. The molecule has 1 aliphatic heterocycles. The minimum atomic E-state index is -0.308. The Hall–Kier alpha value is -1.23. The van der Waals surface area contributed by atoms with Crippen molar-refractivity contribution < 1.29 is 9.53 Å². The quantitative estimate of drug-likeness (QED) is 0.841. The lowest BCUT2D eigenvalue weighted by molar-refractivity contribution is 0.0527. The van der Waals surface area contributed by atoms with Gasteiger partial charge in [0.15, 0.2) is 0 Å². The third kappa shape index (κ3) is 4.13. The van der Waals surface area contributed by atoms with Crippen LogP contribution in [0, 0.1) is 5.92 Å². The largest absolute Gasteiger partial charge is 0.462 e. The van der Waals surface area contributed by atoms with Crippen LogP contribution in [0.15, 0.2) is 18.3 Å². The molecule has 19 heavy (non-hydrogen) atoms. The molecule has 1 fully saturated rings. The van der Waals surface area contributed by atoms with E-state index in [1.807, 2.05) is 11.8 Å². The molecule has 1 aliphatic rings. The van der Waals surface area contributed by atoms with Gasteiger partial charge in [0, 0.05) is 12.7 Å². The van der Waals surface area contributed by atoms with Crippen LogP contribution in [0.5, 0.6) is 0 Å². The van der Waals surface area contributed by atoms with Crippen LogP contribution < -0.4 is 5.32 Å². The summed E-state index contributed by atoms with van der Waals surface area (Å²) in [4.78, 5) is 16.1. The molecule has 5 heteroatoms. The van der Waals surface area contributed by atoms with Gasteiger partial charge < -0.3 is 10.1 Å². The van der Waals surface area contributed by atoms with Crippen molar-refractivity contribution in [3.05, 3.63) is 23.9 Å². The average Bonchev–Trinajstić information content (AvgIpc) is 2.47. The number of esters is 1. The van der Waals surface area contributed by atoms with Crippen LogP contribution >= 0.6 is 11.8 Å². The topological polar surface area (TPSA) is 51.2 Å².